The van der Waals surface area contributed by atoms with Gasteiger partial charge in [0.2, 0.25) is 5.91 Å². The van der Waals surface area contributed by atoms with Crippen LogP contribution in [0, 0.1) is 0 Å². The molecule has 0 aliphatic carbocycles. The molecule has 0 bridgehead atoms. The summed E-state index contributed by atoms with van der Waals surface area (Å²) in [7, 11) is 2.97. The Balaban J connectivity index is 1.86. The number of rotatable bonds is 4. The van der Waals surface area contributed by atoms with E-state index in [1.165, 1.54) is 23.4 Å². The lowest BCUT2D eigenvalue weighted by Crippen LogP contribution is -2.37. The lowest BCUT2D eigenvalue weighted by molar-refractivity contribution is -0.127. The fraction of sp³-hybridized carbons (Fsp3) is 0.350. The molecule has 2 aromatic heterocycles. The molecule has 1 saturated heterocycles. The first-order chi connectivity index (χ1) is 14.4. The molecule has 8 nitrogen and oxygen atoms in total. The quantitative estimate of drug-likeness (QED) is 0.451. The summed E-state index contributed by atoms with van der Waals surface area (Å²) >= 11 is 7.30. The molecule has 0 radical (unpaired) electrons. The summed E-state index contributed by atoms with van der Waals surface area (Å²) in [6, 6.07) is 7.03. The third kappa shape index (κ3) is 3.75. The highest BCUT2D eigenvalue weighted by Crippen LogP contribution is 2.27. The van der Waals surface area contributed by atoms with Crippen LogP contribution >= 0.6 is 23.4 Å². The van der Waals surface area contributed by atoms with Crippen LogP contribution in [0.15, 0.2) is 38.9 Å². The topological polar surface area (TPSA) is 90.1 Å². The molecule has 1 amide bonds. The van der Waals surface area contributed by atoms with Gasteiger partial charge in [-0.05, 0) is 25.0 Å². The molecule has 30 heavy (non-hydrogen) atoms. The molecule has 0 unspecified atom stereocenters. The summed E-state index contributed by atoms with van der Waals surface area (Å²) in [6.07, 6.45) is 2.02. The third-order valence-electron chi connectivity index (χ3n) is 5.14. The van der Waals surface area contributed by atoms with Crippen LogP contribution in [0.25, 0.3) is 22.4 Å². The minimum atomic E-state index is -0.484. The van der Waals surface area contributed by atoms with Crippen molar-refractivity contribution in [1.82, 2.24) is 24.0 Å². The van der Waals surface area contributed by atoms with E-state index in [0.29, 0.717) is 21.4 Å². The molecule has 0 atom stereocenters. The number of amides is 1. The number of likely N-dealkylation sites (tertiary alicyclic amines) is 1. The molecule has 1 aliphatic heterocycles. The Morgan fingerprint density at radius 2 is 1.87 bits per heavy atom. The molecule has 4 rings (SSSR count). The number of benzene rings is 1. The van der Waals surface area contributed by atoms with Gasteiger partial charge in [-0.25, -0.2) is 14.8 Å². The molecule has 3 heterocycles. The van der Waals surface area contributed by atoms with Gasteiger partial charge in [-0.15, -0.1) is 0 Å². The fourth-order valence-corrected chi connectivity index (χ4v) is 4.58. The van der Waals surface area contributed by atoms with Crippen molar-refractivity contribution in [3.05, 3.63) is 50.1 Å². The van der Waals surface area contributed by atoms with Gasteiger partial charge in [0.15, 0.2) is 11.5 Å². The monoisotopic (exact) mass is 445 g/mol. The van der Waals surface area contributed by atoms with Gasteiger partial charge in [0.05, 0.1) is 5.75 Å². The van der Waals surface area contributed by atoms with Gasteiger partial charge in [-0.2, -0.15) is 0 Å². The number of nitrogens with zero attached hydrogens (tertiary/aromatic N) is 5. The van der Waals surface area contributed by atoms with Gasteiger partial charge in [0.25, 0.3) is 5.56 Å². The smallest absolute Gasteiger partial charge is 0.332 e. The highest BCUT2D eigenvalue weighted by atomic mass is 35.5. The van der Waals surface area contributed by atoms with Gasteiger partial charge >= 0.3 is 5.69 Å². The lowest BCUT2D eigenvalue weighted by atomic mass is 10.2. The number of carbonyl (C=O) groups is 1. The zero-order valence-electron chi connectivity index (χ0n) is 16.6. The normalized spacial score (nSPS) is 13.9. The van der Waals surface area contributed by atoms with Gasteiger partial charge in [-0.1, -0.05) is 35.5 Å². The highest BCUT2D eigenvalue weighted by molar-refractivity contribution is 8.00. The van der Waals surface area contributed by atoms with E-state index in [9.17, 15) is 14.4 Å². The minimum Gasteiger partial charge on any atom is -0.342 e. The van der Waals surface area contributed by atoms with E-state index in [4.69, 9.17) is 11.6 Å². The van der Waals surface area contributed by atoms with Crippen LogP contribution < -0.4 is 11.2 Å². The number of hydrogen-bond acceptors (Lipinski definition) is 6. The second-order valence-electron chi connectivity index (χ2n) is 7.14. The van der Waals surface area contributed by atoms with Crippen molar-refractivity contribution in [1.29, 1.82) is 0 Å². The summed E-state index contributed by atoms with van der Waals surface area (Å²) in [5.41, 5.74) is -0.0800. The number of halogens is 1. The van der Waals surface area contributed by atoms with Crippen molar-refractivity contribution in [2.75, 3.05) is 18.8 Å². The Kier molecular flexibility index (Phi) is 5.66. The van der Waals surface area contributed by atoms with Crippen LogP contribution in [0.3, 0.4) is 0 Å². The van der Waals surface area contributed by atoms with Gasteiger partial charge in [-0.3, -0.25) is 18.7 Å². The van der Waals surface area contributed by atoms with E-state index < -0.39 is 11.2 Å². The lowest BCUT2D eigenvalue weighted by Gasteiger charge is -2.15. The summed E-state index contributed by atoms with van der Waals surface area (Å²) in [5, 5.41) is 1.12. The van der Waals surface area contributed by atoms with Gasteiger partial charge < -0.3 is 4.90 Å². The number of aryl methyl sites for hydroxylation is 1. The van der Waals surface area contributed by atoms with Crippen LogP contribution in [0.1, 0.15) is 12.8 Å². The van der Waals surface area contributed by atoms with Gasteiger partial charge in [0, 0.05) is 37.8 Å². The summed E-state index contributed by atoms with van der Waals surface area (Å²) in [6.45, 7) is 1.52. The van der Waals surface area contributed by atoms with E-state index >= 15 is 0 Å². The van der Waals surface area contributed by atoms with Crippen LogP contribution in [0.2, 0.25) is 5.02 Å². The SMILES string of the molecule is Cn1c(=O)c2c(SCC(=O)N3CCCC3)nc(-c3cccc(Cl)c3)nc2n(C)c1=O. The Hall–Kier alpha value is -2.65. The summed E-state index contributed by atoms with van der Waals surface area (Å²) in [4.78, 5) is 48.7. The second-order valence-corrected chi connectivity index (χ2v) is 8.54. The number of hydrogen-bond donors (Lipinski definition) is 0. The molecule has 3 aromatic rings. The molecule has 1 aliphatic rings. The summed E-state index contributed by atoms with van der Waals surface area (Å²) in [5.74, 6) is 0.507. The first kappa shape index (κ1) is 20.6. The first-order valence-electron chi connectivity index (χ1n) is 9.51. The standard InChI is InChI=1S/C20H20ClN5O3S/c1-24-17-15(19(28)25(2)20(24)29)18(30-11-14(27)26-8-3-4-9-26)23-16(22-17)12-6-5-7-13(21)10-12/h5-7,10H,3-4,8-9,11H2,1-2H3. The minimum absolute atomic E-state index is 0.00946. The number of carbonyl (C=O) groups excluding carboxylic acids is 1. The molecular weight excluding hydrogens is 426 g/mol. The van der Waals surface area contributed by atoms with Crippen molar-refractivity contribution in [2.45, 2.75) is 17.9 Å². The molecule has 156 valence electrons. The van der Waals surface area contributed by atoms with Crippen LogP contribution in [0.4, 0.5) is 0 Å². The highest BCUT2D eigenvalue weighted by Gasteiger charge is 2.22. The van der Waals surface area contributed by atoms with Crippen molar-refractivity contribution < 1.29 is 4.79 Å². The largest absolute Gasteiger partial charge is 0.342 e. The fourth-order valence-electron chi connectivity index (χ4n) is 3.48. The molecule has 0 saturated carbocycles. The maximum absolute atomic E-state index is 12.9. The predicted octanol–water partition coefficient (Wildman–Crippen LogP) is 2.06. The molecule has 1 aromatic carbocycles. The van der Waals surface area contributed by atoms with Crippen molar-refractivity contribution >= 4 is 40.3 Å². The number of fused-ring (bicyclic) bond motifs is 1. The summed E-state index contributed by atoms with van der Waals surface area (Å²) < 4.78 is 2.34. The zero-order valence-corrected chi connectivity index (χ0v) is 18.2. The van der Waals surface area contributed by atoms with Crippen LogP contribution in [0.5, 0.6) is 0 Å². The third-order valence-corrected chi connectivity index (χ3v) is 6.34. The molecule has 0 N–H and O–H groups in total. The molecule has 10 heteroatoms. The van der Waals surface area contributed by atoms with Gasteiger partial charge in [0.1, 0.15) is 10.4 Å². The van der Waals surface area contributed by atoms with Crippen LogP contribution in [-0.2, 0) is 18.9 Å². The number of aromatic nitrogens is 4. The zero-order chi connectivity index (χ0) is 21.4. The van der Waals surface area contributed by atoms with E-state index in [1.54, 1.807) is 31.3 Å². The number of thioether (sulfide) groups is 1. The second kappa shape index (κ2) is 8.23. The Bertz CT molecular complexity index is 1260. The molecular formula is C20H20ClN5O3S. The first-order valence-corrected chi connectivity index (χ1v) is 10.9. The molecule has 1 fully saturated rings. The maximum Gasteiger partial charge on any atom is 0.332 e. The Labute approximate surface area is 181 Å². The Morgan fingerprint density at radius 1 is 1.13 bits per heavy atom. The van der Waals surface area contributed by atoms with E-state index in [2.05, 4.69) is 9.97 Å². The average Bonchev–Trinajstić information content (AvgIpc) is 3.29. The predicted molar refractivity (Wildman–Crippen MR) is 117 cm³/mol. The van der Waals surface area contributed by atoms with E-state index in [-0.39, 0.29) is 22.7 Å². The van der Waals surface area contributed by atoms with Crippen molar-refractivity contribution in [3.8, 4) is 11.4 Å². The Morgan fingerprint density at radius 3 is 2.57 bits per heavy atom. The van der Waals surface area contributed by atoms with Crippen molar-refractivity contribution in [2.24, 2.45) is 14.1 Å². The average molecular weight is 446 g/mol. The van der Waals surface area contributed by atoms with Crippen molar-refractivity contribution in [3.63, 3.8) is 0 Å². The van der Waals surface area contributed by atoms with E-state index in [1.807, 2.05) is 4.90 Å². The van der Waals surface area contributed by atoms with E-state index in [0.717, 1.165) is 30.5 Å². The van der Waals surface area contributed by atoms with Crippen LogP contribution in [-0.4, -0.2) is 48.8 Å². The maximum atomic E-state index is 12.9. The molecule has 0 spiro atoms.